The zero-order valence-electron chi connectivity index (χ0n) is 8.38. The van der Waals surface area contributed by atoms with Gasteiger partial charge in [0.15, 0.2) is 0 Å². The molecule has 0 aliphatic rings. The second kappa shape index (κ2) is 3.97. The van der Waals surface area contributed by atoms with E-state index in [1.165, 1.54) is 0 Å². The molecule has 1 rings (SSSR count). The summed E-state index contributed by atoms with van der Waals surface area (Å²) in [6, 6.07) is 2.98. The second-order valence-electron chi connectivity index (χ2n) is 3.16. The monoisotopic (exact) mass is 253 g/mol. The number of sulfone groups is 1. The smallest absolute Gasteiger partial charge is 0.399 e. The van der Waals surface area contributed by atoms with Crippen molar-refractivity contribution in [2.45, 2.75) is 23.7 Å². The van der Waals surface area contributed by atoms with Crippen LogP contribution in [0.4, 0.5) is 18.9 Å². The number of nitrogen functional groups attached to an aromatic ring is 1. The predicted molar refractivity (Wildman–Crippen MR) is 53.5 cm³/mol. The molecule has 0 aromatic heterocycles. The minimum atomic E-state index is -5.28. The van der Waals surface area contributed by atoms with Gasteiger partial charge in [0.2, 0.25) is 0 Å². The molecule has 0 amide bonds. The molecule has 0 saturated heterocycles. The fraction of sp³-hybridized carbons (Fsp3) is 0.333. The largest absolute Gasteiger partial charge is 0.501 e. The lowest BCUT2D eigenvalue weighted by atomic mass is 10.1. The lowest BCUT2D eigenvalue weighted by Crippen LogP contribution is -2.23. The quantitative estimate of drug-likeness (QED) is 0.821. The lowest BCUT2D eigenvalue weighted by molar-refractivity contribution is -0.0436. The zero-order valence-corrected chi connectivity index (χ0v) is 9.19. The number of rotatable bonds is 2. The summed E-state index contributed by atoms with van der Waals surface area (Å²) >= 11 is 0. The number of nitrogens with two attached hydrogens (primary N) is 1. The summed E-state index contributed by atoms with van der Waals surface area (Å²) in [5.74, 6) is 0. The van der Waals surface area contributed by atoms with Gasteiger partial charge in [-0.2, -0.15) is 13.2 Å². The van der Waals surface area contributed by atoms with Crippen LogP contribution in [0, 0.1) is 0 Å². The van der Waals surface area contributed by atoms with E-state index in [1.807, 2.05) is 0 Å². The Hall–Kier alpha value is -1.24. The molecule has 0 bridgehead atoms. The molecule has 0 unspecified atom stereocenters. The van der Waals surface area contributed by atoms with Crippen molar-refractivity contribution in [3.63, 3.8) is 0 Å². The first-order valence-corrected chi connectivity index (χ1v) is 5.88. The van der Waals surface area contributed by atoms with Gasteiger partial charge in [-0.1, -0.05) is 6.92 Å². The van der Waals surface area contributed by atoms with Gasteiger partial charge in [-0.15, -0.1) is 0 Å². The van der Waals surface area contributed by atoms with Crippen molar-refractivity contribution in [3.8, 4) is 0 Å². The molecule has 2 N–H and O–H groups in total. The predicted octanol–water partition coefficient (Wildman–Crippen LogP) is 2.12. The minimum absolute atomic E-state index is 0.281. The van der Waals surface area contributed by atoms with Gasteiger partial charge >= 0.3 is 5.51 Å². The molecule has 7 heteroatoms. The van der Waals surface area contributed by atoms with Crippen LogP contribution in [0.2, 0.25) is 0 Å². The van der Waals surface area contributed by atoms with Crippen LogP contribution in [0.1, 0.15) is 12.5 Å². The Kier molecular flexibility index (Phi) is 3.18. The summed E-state index contributed by atoms with van der Waals surface area (Å²) in [5.41, 5.74) is 0.854. The molecule has 0 atom stereocenters. The van der Waals surface area contributed by atoms with E-state index < -0.39 is 20.2 Å². The number of halogens is 3. The van der Waals surface area contributed by atoms with Gasteiger partial charge in [0.1, 0.15) is 0 Å². The third-order valence-corrected chi connectivity index (χ3v) is 3.59. The van der Waals surface area contributed by atoms with Crippen molar-refractivity contribution in [2.75, 3.05) is 5.73 Å². The van der Waals surface area contributed by atoms with E-state index >= 15 is 0 Å². The maximum atomic E-state index is 12.2. The number of hydrogen-bond donors (Lipinski definition) is 1. The van der Waals surface area contributed by atoms with Gasteiger partial charge in [-0.05, 0) is 30.2 Å². The SMILES string of the molecule is CCc1cc(S(=O)(=O)C(F)(F)F)ccc1N. The highest BCUT2D eigenvalue weighted by Gasteiger charge is 2.46. The van der Waals surface area contributed by atoms with E-state index in [0.717, 1.165) is 18.2 Å². The molecule has 0 radical (unpaired) electrons. The Morgan fingerprint density at radius 1 is 1.31 bits per heavy atom. The van der Waals surface area contributed by atoms with Crippen molar-refractivity contribution in [2.24, 2.45) is 0 Å². The summed E-state index contributed by atoms with van der Waals surface area (Å²) in [4.78, 5) is -0.772. The first-order valence-electron chi connectivity index (χ1n) is 4.40. The summed E-state index contributed by atoms with van der Waals surface area (Å²) in [7, 11) is -5.28. The Morgan fingerprint density at radius 2 is 1.88 bits per heavy atom. The van der Waals surface area contributed by atoms with Crippen LogP contribution in [0.25, 0.3) is 0 Å². The third-order valence-electron chi connectivity index (χ3n) is 2.11. The summed E-state index contributed by atoms with van der Waals surface area (Å²) in [6.45, 7) is 1.68. The fourth-order valence-corrected chi connectivity index (χ4v) is 2.00. The van der Waals surface area contributed by atoms with E-state index in [9.17, 15) is 21.6 Å². The lowest BCUT2D eigenvalue weighted by Gasteiger charge is -2.10. The van der Waals surface area contributed by atoms with Crippen molar-refractivity contribution < 1.29 is 21.6 Å². The first-order chi connectivity index (χ1) is 7.20. The molecule has 0 fully saturated rings. The van der Waals surface area contributed by atoms with Gasteiger partial charge in [0.05, 0.1) is 4.90 Å². The molecule has 0 aliphatic heterocycles. The summed E-state index contributed by atoms with van der Waals surface area (Å²) in [5, 5.41) is 0. The second-order valence-corrected chi connectivity index (χ2v) is 5.10. The van der Waals surface area contributed by atoms with Crippen LogP contribution in [-0.2, 0) is 16.3 Å². The molecule has 0 aliphatic carbocycles. The molecule has 1 aromatic rings. The Balaban J connectivity index is 3.36. The van der Waals surface area contributed by atoms with Crippen molar-refractivity contribution in [1.82, 2.24) is 0 Å². The Labute approximate surface area is 91.0 Å². The van der Waals surface area contributed by atoms with Crippen LogP contribution >= 0.6 is 0 Å². The van der Waals surface area contributed by atoms with Crippen molar-refractivity contribution in [3.05, 3.63) is 23.8 Å². The number of aryl methyl sites for hydroxylation is 1. The molecule has 0 saturated carbocycles. The summed E-state index contributed by atoms with van der Waals surface area (Å²) in [6.07, 6.45) is 0.368. The molecular weight excluding hydrogens is 243 g/mol. The van der Waals surface area contributed by atoms with Gasteiger partial charge in [-0.3, -0.25) is 0 Å². The minimum Gasteiger partial charge on any atom is -0.399 e. The topological polar surface area (TPSA) is 60.2 Å². The van der Waals surface area contributed by atoms with Crippen molar-refractivity contribution >= 4 is 15.5 Å². The molecule has 0 heterocycles. The standard InChI is InChI=1S/C9H10F3NO2S/c1-2-6-5-7(3-4-8(6)13)16(14,15)9(10,11)12/h3-5H,2,13H2,1H3. The van der Waals surface area contributed by atoms with Crippen molar-refractivity contribution in [1.29, 1.82) is 0 Å². The Morgan fingerprint density at radius 3 is 2.31 bits per heavy atom. The average molecular weight is 253 g/mol. The van der Waals surface area contributed by atoms with E-state index in [0.29, 0.717) is 12.0 Å². The molecule has 1 aromatic carbocycles. The van der Waals surface area contributed by atoms with Crippen LogP contribution in [0.3, 0.4) is 0 Å². The average Bonchev–Trinajstić information content (AvgIpc) is 2.16. The molecular formula is C9H10F3NO2S. The fourth-order valence-electron chi connectivity index (χ4n) is 1.19. The molecule has 90 valence electrons. The van der Waals surface area contributed by atoms with E-state index in [2.05, 4.69) is 0 Å². The summed E-state index contributed by atoms with van der Waals surface area (Å²) < 4.78 is 58.8. The number of benzene rings is 1. The van der Waals surface area contributed by atoms with Crippen LogP contribution in [0.15, 0.2) is 23.1 Å². The van der Waals surface area contributed by atoms with Gasteiger partial charge in [0, 0.05) is 5.69 Å². The van der Waals surface area contributed by atoms with E-state index in [-0.39, 0.29) is 5.69 Å². The van der Waals surface area contributed by atoms with E-state index in [1.54, 1.807) is 6.92 Å². The highest BCUT2D eigenvalue weighted by atomic mass is 32.2. The molecule has 0 spiro atoms. The Bertz CT molecular complexity index is 494. The van der Waals surface area contributed by atoms with E-state index in [4.69, 9.17) is 5.73 Å². The van der Waals surface area contributed by atoms with Crippen LogP contribution < -0.4 is 5.73 Å². The number of hydrogen-bond acceptors (Lipinski definition) is 3. The maximum absolute atomic E-state index is 12.2. The first kappa shape index (κ1) is 12.8. The number of alkyl halides is 3. The maximum Gasteiger partial charge on any atom is 0.501 e. The third kappa shape index (κ3) is 2.13. The highest BCUT2D eigenvalue weighted by molar-refractivity contribution is 7.92. The highest BCUT2D eigenvalue weighted by Crippen LogP contribution is 2.31. The number of anilines is 1. The van der Waals surface area contributed by atoms with Gasteiger partial charge in [-0.25, -0.2) is 8.42 Å². The molecule has 16 heavy (non-hydrogen) atoms. The van der Waals surface area contributed by atoms with Crippen LogP contribution in [-0.4, -0.2) is 13.9 Å². The van der Waals surface area contributed by atoms with Gasteiger partial charge < -0.3 is 5.73 Å². The molecule has 3 nitrogen and oxygen atoms in total. The zero-order chi connectivity index (χ0) is 12.6. The van der Waals surface area contributed by atoms with Crippen LogP contribution in [0.5, 0.6) is 0 Å². The van der Waals surface area contributed by atoms with Gasteiger partial charge in [0.25, 0.3) is 9.84 Å². The normalized spacial score (nSPS) is 12.8.